The highest BCUT2D eigenvalue weighted by Gasteiger charge is 2.15. The van der Waals surface area contributed by atoms with Crippen molar-refractivity contribution in [2.24, 2.45) is 5.16 Å². The summed E-state index contributed by atoms with van der Waals surface area (Å²) in [5, 5.41) is 7.35. The topological polar surface area (TPSA) is 59.9 Å². The lowest BCUT2D eigenvalue weighted by atomic mass is 10.2. The SMILES string of the molecule is CCOc1ccc(/C=N\O[C@@H](C)C(=O)Nc2cc(Cl)ccc2Cl)cc1. The zero-order valence-corrected chi connectivity index (χ0v) is 15.3. The summed E-state index contributed by atoms with van der Waals surface area (Å²) in [6, 6.07) is 12.2. The van der Waals surface area contributed by atoms with Gasteiger partial charge in [0.05, 0.1) is 23.5 Å². The standard InChI is InChI=1S/C18H18Cl2N2O3/c1-3-24-15-7-4-13(5-8-15)11-21-25-12(2)18(23)22-17-10-14(19)6-9-16(17)20/h4-12H,3H2,1-2H3,(H,22,23)/b21-11-/t12-/m0/s1. The van der Waals surface area contributed by atoms with E-state index in [1.54, 1.807) is 25.1 Å². The second-order valence-corrected chi connectivity index (χ2v) is 5.94. The minimum Gasteiger partial charge on any atom is -0.494 e. The summed E-state index contributed by atoms with van der Waals surface area (Å²) in [5.74, 6) is 0.403. The van der Waals surface area contributed by atoms with Gasteiger partial charge in [0.2, 0.25) is 6.10 Å². The molecule has 25 heavy (non-hydrogen) atoms. The predicted molar refractivity (Wildman–Crippen MR) is 101 cm³/mol. The summed E-state index contributed by atoms with van der Waals surface area (Å²) < 4.78 is 5.36. The van der Waals surface area contributed by atoms with Crippen LogP contribution in [0.3, 0.4) is 0 Å². The third-order valence-corrected chi connectivity index (χ3v) is 3.73. The Labute approximate surface area is 156 Å². The fourth-order valence-corrected chi connectivity index (χ4v) is 2.21. The van der Waals surface area contributed by atoms with E-state index in [-0.39, 0.29) is 5.91 Å². The van der Waals surface area contributed by atoms with Gasteiger partial charge in [0.15, 0.2) is 0 Å². The highest BCUT2D eigenvalue weighted by Crippen LogP contribution is 2.25. The molecular formula is C18H18Cl2N2O3. The molecule has 1 amide bonds. The summed E-state index contributed by atoms with van der Waals surface area (Å²) in [5.41, 5.74) is 1.25. The van der Waals surface area contributed by atoms with E-state index in [0.29, 0.717) is 22.3 Å². The molecule has 0 spiro atoms. The molecule has 0 saturated heterocycles. The smallest absolute Gasteiger partial charge is 0.268 e. The number of carbonyl (C=O) groups is 1. The fourth-order valence-electron chi connectivity index (χ4n) is 1.87. The van der Waals surface area contributed by atoms with Crippen molar-refractivity contribution < 1.29 is 14.4 Å². The van der Waals surface area contributed by atoms with Gasteiger partial charge in [0.25, 0.3) is 5.91 Å². The van der Waals surface area contributed by atoms with Gasteiger partial charge in [-0.15, -0.1) is 0 Å². The summed E-state index contributed by atoms with van der Waals surface area (Å²) >= 11 is 11.9. The second-order valence-electron chi connectivity index (χ2n) is 5.10. The highest BCUT2D eigenvalue weighted by atomic mass is 35.5. The Balaban J connectivity index is 1.89. The van der Waals surface area contributed by atoms with Gasteiger partial charge in [-0.25, -0.2) is 0 Å². The van der Waals surface area contributed by atoms with Crippen molar-refractivity contribution in [3.05, 3.63) is 58.1 Å². The molecule has 1 atom stereocenters. The first-order chi connectivity index (χ1) is 12.0. The van der Waals surface area contributed by atoms with Gasteiger partial charge in [-0.1, -0.05) is 28.4 Å². The van der Waals surface area contributed by atoms with Crippen LogP contribution in [0.5, 0.6) is 5.75 Å². The molecule has 2 aromatic carbocycles. The number of oxime groups is 1. The number of carbonyl (C=O) groups excluding carboxylic acids is 1. The summed E-state index contributed by atoms with van der Waals surface area (Å²) in [7, 11) is 0. The lowest BCUT2D eigenvalue weighted by molar-refractivity contribution is -0.126. The first-order valence-electron chi connectivity index (χ1n) is 7.67. The van der Waals surface area contributed by atoms with E-state index in [2.05, 4.69) is 10.5 Å². The Morgan fingerprint density at radius 2 is 1.96 bits per heavy atom. The van der Waals surface area contributed by atoms with Crippen LogP contribution in [0.1, 0.15) is 19.4 Å². The molecule has 0 bridgehead atoms. The van der Waals surface area contributed by atoms with Crippen molar-refractivity contribution in [2.75, 3.05) is 11.9 Å². The van der Waals surface area contributed by atoms with Crippen LogP contribution < -0.4 is 10.1 Å². The lowest BCUT2D eigenvalue weighted by Gasteiger charge is -2.11. The monoisotopic (exact) mass is 380 g/mol. The molecule has 2 rings (SSSR count). The van der Waals surface area contributed by atoms with E-state index >= 15 is 0 Å². The van der Waals surface area contributed by atoms with Crippen LogP contribution in [0.15, 0.2) is 47.6 Å². The third kappa shape index (κ3) is 5.96. The Kier molecular flexibility index (Phi) is 7.10. The Morgan fingerprint density at radius 1 is 1.24 bits per heavy atom. The number of hydrogen-bond donors (Lipinski definition) is 1. The number of anilines is 1. The number of amides is 1. The van der Waals surface area contributed by atoms with E-state index in [0.717, 1.165) is 11.3 Å². The van der Waals surface area contributed by atoms with Gasteiger partial charge >= 0.3 is 0 Å². The molecule has 7 heteroatoms. The molecule has 132 valence electrons. The van der Waals surface area contributed by atoms with Gasteiger partial charge in [-0.05, 0) is 61.9 Å². The van der Waals surface area contributed by atoms with Gasteiger partial charge in [0, 0.05) is 5.02 Å². The molecule has 0 heterocycles. The number of halogens is 2. The van der Waals surface area contributed by atoms with Crippen LogP contribution in [-0.4, -0.2) is 24.8 Å². The fraction of sp³-hybridized carbons (Fsp3) is 0.222. The summed E-state index contributed by atoms with van der Waals surface area (Å²) in [6.07, 6.45) is 0.722. The van der Waals surface area contributed by atoms with Crippen molar-refractivity contribution in [1.29, 1.82) is 0 Å². The molecule has 2 aromatic rings. The quantitative estimate of drug-likeness (QED) is 0.555. The molecule has 0 unspecified atom stereocenters. The molecule has 0 aromatic heterocycles. The van der Waals surface area contributed by atoms with Crippen LogP contribution in [-0.2, 0) is 9.63 Å². The van der Waals surface area contributed by atoms with Crippen LogP contribution in [0.2, 0.25) is 10.0 Å². The van der Waals surface area contributed by atoms with Gasteiger partial charge in [-0.2, -0.15) is 0 Å². The largest absolute Gasteiger partial charge is 0.494 e. The van der Waals surface area contributed by atoms with Crippen molar-refractivity contribution in [3.63, 3.8) is 0 Å². The highest BCUT2D eigenvalue weighted by molar-refractivity contribution is 6.35. The molecule has 0 fully saturated rings. The van der Waals surface area contributed by atoms with E-state index < -0.39 is 6.10 Å². The van der Waals surface area contributed by atoms with E-state index in [9.17, 15) is 4.79 Å². The van der Waals surface area contributed by atoms with E-state index in [4.69, 9.17) is 32.8 Å². The molecule has 5 nitrogen and oxygen atoms in total. The van der Waals surface area contributed by atoms with Crippen molar-refractivity contribution in [1.82, 2.24) is 0 Å². The normalized spacial score (nSPS) is 12.0. The average molecular weight is 381 g/mol. The number of nitrogens with one attached hydrogen (secondary N) is 1. The van der Waals surface area contributed by atoms with E-state index in [1.165, 1.54) is 6.21 Å². The summed E-state index contributed by atoms with van der Waals surface area (Å²) in [6.45, 7) is 4.12. The minimum atomic E-state index is -0.797. The molecule has 0 aliphatic carbocycles. The van der Waals surface area contributed by atoms with E-state index in [1.807, 2.05) is 31.2 Å². The van der Waals surface area contributed by atoms with Crippen molar-refractivity contribution in [3.8, 4) is 5.75 Å². The van der Waals surface area contributed by atoms with Crippen LogP contribution in [0.4, 0.5) is 5.69 Å². The Bertz CT molecular complexity index is 748. The second kappa shape index (κ2) is 9.30. The summed E-state index contributed by atoms with van der Waals surface area (Å²) in [4.78, 5) is 17.3. The molecule has 0 aliphatic heterocycles. The Hall–Kier alpha value is -2.24. The van der Waals surface area contributed by atoms with Crippen LogP contribution >= 0.6 is 23.2 Å². The van der Waals surface area contributed by atoms with Crippen LogP contribution in [0.25, 0.3) is 0 Å². The maximum absolute atomic E-state index is 12.1. The van der Waals surface area contributed by atoms with Gasteiger partial charge in [-0.3, -0.25) is 4.79 Å². The zero-order valence-electron chi connectivity index (χ0n) is 13.8. The number of nitrogens with zero attached hydrogens (tertiary/aromatic N) is 1. The molecule has 0 aliphatic rings. The zero-order chi connectivity index (χ0) is 18.2. The molecule has 0 saturated carbocycles. The molecule has 1 N–H and O–H groups in total. The molecular weight excluding hydrogens is 363 g/mol. The number of rotatable bonds is 7. The van der Waals surface area contributed by atoms with Gasteiger partial charge < -0.3 is 14.9 Å². The number of hydrogen-bond acceptors (Lipinski definition) is 4. The Morgan fingerprint density at radius 3 is 2.64 bits per heavy atom. The lowest BCUT2D eigenvalue weighted by Crippen LogP contribution is -2.26. The third-order valence-electron chi connectivity index (χ3n) is 3.17. The minimum absolute atomic E-state index is 0.381. The molecule has 0 radical (unpaired) electrons. The predicted octanol–water partition coefficient (Wildman–Crippen LogP) is 4.77. The van der Waals surface area contributed by atoms with Crippen LogP contribution in [0, 0.1) is 0 Å². The maximum Gasteiger partial charge on any atom is 0.268 e. The van der Waals surface area contributed by atoms with Crippen molar-refractivity contribution >= 4 is 41.0 Å². The van der Waals surface area contributed by atoms with Crippen molar-refractivity contribution in [2.45, 2.75) is 20.0 Å². The first kappa shape index (κ1) is 19.1. The number of ether oxygens (including phenoxy) is 1. The van der Waals surface area contributed by atoms with Gasteiger partial charge in [0.1, 0.15) is 5.75 Å². The number of benzene rings is 2. The average Bonchev–Trinajstić information content (AvgIpc) is 2.59. The first-order valence-corrected chi connectivity index (χ1v) is 8.43. The maximum atomic E-state index is 12.1.